The fourth-order valence-electron chi connectivity index (χ4n) is 2.53. The molecule has 1 aromatic rings. The Labute approximate surface area is 116 Å². The van der Waals surface area contributed by atoms with Gasteiger partial charge in [-0.1, -0.05) is 6.07 Å². The topological polar surface area (TPSA) is 87.1 Å². The predicted octanol–water partition coefficient (Wildman–Crippen LogP) is 1.48. The number of phenols is 1. The quantitative estimate of drug-likeness (QED) is 0.871. The van der Waals surface area contributed by atoms with Crippen molar-refractivity contribution in [2.75, 3.05) is 13.7 Å². The van der Waals surface area contributed by atoms with Crippen LogP contribution in [0.25, 0.3) is 0 Å². The highest BCUT2D eigenvalue weighted by Crippen LogP contribution is 2.32. The first kappa shape index (κ1) is 14.2. The van der Waals surface area contributed by atoms with E-state index in [-0.39, 0.29) is 35.4 Å². The number of benzene rings is 1. The number of carboxylic acid groups (broad SMARTS) is 1. The van der Waals surface area contributed by atoms with E-state index < -0.39 is 5.97 Å². The molecule has 108 valence electrons. The van der Waals surface area contributed by atoms with Crippen LogP contribution in [-0.4, -0.2) is 46.7 Å². The summed E-state index contributed by atoms with van der Waals surface area (Å²) in [7, 11) is 1.41. The molecule has 1 heterocycles. The minimum Gasteiger partial charge on any atom is -0.504 e. The molecule has 1 fully saturated rings. The van der Waals surface area contributed by atoms with E-state index in [1.54, 1.807) is 12.1 Å². The van der Waals surface area contributed by atoms with Crippen molar-refractivity contribution in [2.24, 2.45) is 0 Å². The number of phenolic OH excluding ortho intramolecular Hbond substituents is 1. The van der Waals surface area contributed by atoms with Gasteiger partial charge in [-0.05, 0) is 25.0 Å². The molecular weight excluding hydrogens is 262 g/mol. The first-order chi connectivity index (χ1) is 9.54. The van der Waals surface area contributed by atoms with Crippen molar-refractivity contribution in [3.8, 4) is 11.5 Å². The van der Waals surface area contributed by atoms with Gasteiger partial charge in [0.15, 0.2) is 11.5 Å². The average Bonchev–Trinajstić information content (AvgIpc) is 2.85. The van der Waals surface area contributed by atoms with Gasteiger partial charge < -0.3 is 19.8 Å². The normalized spacial score (nSPS) is 18.1. The van der Waals surface area contributed by atoms with Crippen molar-refractivity contribution in [3.63, 3.8) is 0 Å². The lowest BCUT2D eigenvalue weighted by Gasteiger charge is -2.24. The molecule has 1 aliphatic rings. The fourth-order valence-corrected chi connectivity index (χ4v) is 2.53. The van der Waals surface area contributed by atoms with Crippen molar-refractivity contribution in [3.05, 3.63) is 23.8 Å². The highest BCUT2D eigenvalue weighted by Gasteiger charge is 2.32. The van der Waals surface area contributed by atoms with E-state index in [9.17, 15) is 14.7 Å². The van der Waals surface area contributed by atoms with Crippen LogP contribution >= 0.6 is 0 Å². The smallest absolute Gasteiger partial charge is 0.305 e. The maximum Gasteiger partial charge on any atom is 0.305 e. The van der Waals surface area contributed by atoms with Crippen LogP contribution < -0.4 is 4.74 Å². The number of likely N-dealkylation sites (tertiary alicyclic amines) is 1. The Morgan fingerprint density at radius 3 is 2.85 bits per heavy atom. The van der Waals surface area contributed by atoms with Gasteiger partial charge in [0, 0.05) is 12.6 Å². The SMILES string of the molecule is COc1cccc(C(=O)N2CCCC2CC(=O)O)c1O. The van der Waals surface area contributed by atoms with E-state index in [0.29, 0.717) is 13.0 Å². The van der Waals surface area contributed by atoms with Gasteiger partial charge in [-0.2, -0.15) is 0 Å². The predicted molar refractivity (Wildman–Crippen MR) is 71.0 cm³/mol. The molecule has 1 amide bonds. The number of ether oxygens (including phenoxy) is 1. The number of carboxylic acids is 1. The lowest BCUT2D eigenvalue weighted by atomic mass is 10.1. The molecular formula is C14H17NO5. The number of amides is 1. The zero-order valence-electron chi connectivity index (χ0n) is 11.2. The fraction of sp³-hybridized carbons (Fsp3) is 0.429. The van der Waals surface area contributed by atoms with Crippen molar-refractivity contribution < 1.29 is 24.5 Å². The van der Waals surface area contributed by atoms with Crippen LogP contribution in [0.2, 0.25) is 0 Å². The van der Waals surface area contributed by atoms with Gasteiger partial charge in [0.2, 0.25) is 0 Å². The number of nitrogens with zero attached hydrogens (tertiary/aromatic N) is 1. The van der Waals surface area contributed by atoms with Crippen LogP contribution in [0.1, 0.15) is 29.6 Å². The highest BCUT2D eigenvalue weighted by atomic mass is 16.5. The molecule has 20 heavy (non-hydrogen) atoms. The van der Waals surface area contributed by atoms with Gasteiger partial charge in [0.25, 0.3) is 5.91 Å². The Balaban J connectivity index is 2.24. The van der Waals surface area contributed by atoms with Gasteiger partial charge in [-0.25, -0.2) is 0 Å². The summed E-state index contributed by atoms with van der Waals surface area (Å²) < 4.78 is 4.97. The number of hydrogen-bond donors (Lipinski definition) is 2. The zero-order chi connectivity index (χ0) is 14.7. The first-order valence-corrected chi connectivity index (χ1v) is 6.43. The minimum atomic E-state index is -0.926. The third-order valence-corrected chi connectivity index (χ3v) is 3.50. The molecule has 0 aromatic heterocycles. The number of methoxy groups -OCH3 is 1. The van der Waals surface area contributed by atoms with Crippen LogP contribution in [0.4, 0.5) is 0 Å². The van der Waals surface area contributed by atoms with Crippen molar-refractivity contribution in [1.29, 1.82) is 0 Å². The monoisotopic (exact) mass is 279 g/mol. The molecule has 0 radical (unpaired) electrons. The molecule has 0 saturated carbocycles. The van der Waals surface area contributed by atoms with Crippen LogP contribution in [0.15, 0.2) is 18.2 Å². The zero-order valence-corrected chi connectivity index (χ0v) is 11.2. The Bertz CT molecular complexity index is 528. The van der Waals surface area contributed by atoms with Crippen LogP contribution in [0, 0.1) is 0 Å². The molecule has 1 aliphatic heterocycles. The van der Waals surface area contributed by atoms with Gasteiger partial charge in [0.05, 0.1) is 19.1 Å². The van der Waals surface area contributed by atoms with Crippen molar-refractivity contribution >= 4 is 11.9 Å². The van der Waals surface area contributed by atoms with Crippen LogP contribution in [-0.2, 0) is 4.79 Å². The Kier molecular flexibility index (Phi) is 4.12. The summed E-state index contributed by atoms with van der Waals surface area (Å²) in [5.74, 6) is -1.26. The standard InChI is InChI=1S/C14H17NO5/c1-20-11-6-2-5-10(13(11)18)14(19)15-7-3-4-9(15)8-12(16)17/h2,5-6,9,18H,3-4,7-8H2,1H3,(H,16,17). The average molecular weight is 279 g/mol. The Morgan fingerprint density at radius 1 is 1.45 bits per heavy atom. The second-order valence-electron chi connectivity index (χ2n) is 4.75. The maximum atomic E-state index is 12.4. The molecule has 2 rings (SSSR count). The summed E-state index contributed by atoms with van der Waals surface area (Å²) in [5.41, 5.74) is 0.140. The molecule has 0 bridgehead atoms. The van der Waals surface area contributed by atoms with E-state index >= 15 is 0 Å². The minimum absolute atomic E-state index is 0.0729. The van der Waals surface area contributed by atoms with Gasteiger partial charge in [0.1, 0.15) is 0 Å². The number of para-hydroxylation sites is 1. The summed E-state index contributed by atoms with van der Waals surface area (Å²) in [6.45, 7) is 0.507. The van der Waals surface area contributed by atoms with Crippen LogP contribution in [0.3, 0.4) is 0 Å². The van der Waals surface area contributed by atoms with E-state index in [1.807, 2.05) is 0 Å². The molecule has 1 saturated heterocycles. The largest absolute Gasteiger partial charge is 0.504 e. The molecule has 1 unspecified atom stereocenters. The van der Waals surface area contributed by atoms with E-state index in [0.717, 1.165) is 6.42 Å². The van der Waals surface area contributed by atoms with E-state index in [2.05, 4.69) is 0 Å². The lowest BCUT2D eigenvalue weighted by Crippen LogP contribution is -2.36. The summed E-state index contributed by atoms with van der Waals surface area (Å²) in [5, 5.41) is 18.9. The molecule has 1 aromatic carbocycles. The number of carbonyl (C=O) groups excluding carboxylic acids is 1. The summed E-state index contributed by atoms with van der Waals surface area (Å²) in [6.07, 6.45) is 1.37. The second kappa shape index (κ2) is 5.81. The number of hydrogen-bond acceptors (Lipinski definition) is 4. The Morgan fingerprint density at radius 2 is 2.20 bits per heavy atom. The van der Waals surface area contributed by atoms with Crippen molar-refractivity contribution in [1.82, 2.24) is 4.90 Å². The molecule has 6 nitrogen and oxygen atoms in total. The molecule has 2 N–H and O–H groups in total. The number of carbonyl (C=O) groups is 2. The summed E-state index contributed by atoms with van der Waals surface area (Å²) >= 11 is 0. The van der Waals surface area contributed by atoms with Crippen LogP contribution in [0.5, 0.6) is 11.5 Å². The third kappa shape index (κ3) is 2.68. The molecule has 0 spiro atoms. The molecule has 1 atom stereocenters. The second-order valence-corrected chi connectivity index (χ2v) is 4.75. The molecule has 0 aliphatic carbocycles. The van der Waals surface area contributed by atoms with Gasteiger partial charge in [-0.3, -0.25) is 9.59 Å². The highest BCUT2D eigenvalue weighted by molar-refractivity contribution is 5.98. The number of rotatable bonds is 4. The third-order valence-electron chi connectivity index (χ3n) is 3.50. The summed E-state index contributed by atoms with van der Waals surface area (Å²) in [6, 6.07) is 4.38. The van der Waals surface area contributed by atoms with E-state index in [4.69, 9.17) is 9.84 Å². The first-order valence-electron chi connectivity index (χ1n) is 6.43. The molecule has 6 heteroatoms. The van der Waals surface area contributed by atoms with Gasteiger partial charge in [-0.15, -0.1) is 0 Å². The van der Waals surface area contributed by atoms with Gasteiger partial charge >= 0.3 is 5.97 Å². The van der Waals surface area contributed by atoms with E-state index in [1.165, 1.54) is 18.1 Å². The Hall–Kier alpha value is -2.24. The number of aliphatic carboxylic acids is 1. The lowest BCUT2D eigenvalue weighted by molar-refractivity contribution is -0.137. The number of aromatic hydroxyl groups is 1. The summed E-state index contributed by atoms with van der Waals surface area (Å²) in [4.78, 5) is 24.8. The maximum absolute atomic E-state index is 12.4. The van der Waals surface area contributed by atoms with Crippen molar-refractivity contribution in [2.45, 2.75) is 25.3 Å².